The lowest BCUT2D eigenvalue weighted by Gasteiger charge is -1.83. The van der Waals surface area contributed by atoms with Crippen molar-refractivity contribution in [2.45, 2.75) is 0 Å². The maximum atomic E-state index is 3.85. The van der Waals surface area contributed by atoms with Crippen molar-refractivity contribution in [2.75, 3.05) is 0 Å². The van der Waals surface area contributed by atoms with Crippen molar-refractivity contribution in [3.05, 3.63) is 24.7 Å². The number of hydrogen-bond donors (Lipinski definition) is 0. The van der Waals surface area contributed by atoms with Crippen LogP contribution >= 0.6 is 0 Å². The van der Waals surface area contributed by atoms with E-state index in [1.165, 1.54) is 10.8 Å². The summed E-state index contributed by atoms with van der Waals surface area (Å²) in [7, 11) is 0. The summed E-state index contributed by atoms with van der Waals surface area (Å²) in [5.74, 6) is 0. The number of fused-ring (bicyclic) bond motifs is 1. The second-order valence-electron chi connectivity index (χ2n) is 1.56. The molecule has 0 saturated carbocycles. The molecule has 0 amide bonds. The van der Waals surface area contributed by atoms with Gasteiger partial charge in [-0.2, -0.15) is 10.2 Å². The van der Waals surface area contributed by atoms with E-state index in [1.807, 2.05) is 0 Å². The first-order chi connectivity index (χ1) is 4.47. The van der Waals surface area contributed by atoms with E-state index in [9.17, 15) is 0 Å². The molecule has 4 heteroatoms. The van der Waals surface area contributed by atoms with Crippen LogP contribution in [0.2, 0.25) is 0 Å². The molecular weight excluding hydrogens is 116 g/mol. The molecular formula is C5H3N4. The van der Waals surface area contributed by atoms with Gasteiger partial charge in [0.1, 0.15) is 6.20 Å². The monoisotopic (exact) mass is 119 g/mol. The van der Waals surface area contributed by atoms with Gasteiger partial charge in [-0.05, 0) is 0 Å². The van der Waals surface area contributed by atoms with E-state index in [2.05, 4.69) is 21.4 Å². The van der Waals surface area contributed by atoms with Crippen LogP contribution in [-0.4, -0.2) is 19.8 Å². The van der Waals surface area contributed by atoms with Crippen LogP contribution in [-0.2, 0) is 0 Å². The fourth-order valence-corrected chi connectivity index (χ4v) is 0.635. The molecule has 43 valence electrons. The zero-order valence-corrected chi connectivity index (χ0v) is 4.52. The molecule has 0 N–H and O–H groups in total. The normalized spacial score (nSPS) is 10.2. The van der Waals surface area contributed by atoms with E-state index >= 15 is 0 Å². The lowest BCUT2D eigenvalue weighted by molar-refractivity contribution is 0.781. The Bertz CT molecular complexity index is 283. The van der Waals surface area contributed by atoms with Crippen LogP contribution in [0.1, 0.15) is 0 Å². The average molecular weight is 119 g/mol. The first-order valence-corrected chi connectivity index (χ1v) is 2.50. The molecule has 0 aliphatic carbocycles. The van der Waals surface area contributed by atoms with Gasteiger partial charge in [0, 0.05) is 6.07 Å². The minimum absolute atomic E-state index is 0.720. The van der Waals surface area contributed by atoms with Crippen LogP contribution in [0.25, 0.3) is 5.65 Å². The van der Waals surface area contributed by atoms with E-state index < -0.39 is 0 Å². The topological polar surface area (TPSA) is 43.1 Å². The number of aromatic nitrogens is 4. The Morgan fingerprint density at radius 3 is 3.33 bits per heavy atom. The molecule has 1 radical (unpaired) electrons. The highest BCUT2D eigenvalue weighted by molar-refractivity contribution is 5.31. The second-order valence-corrected chi connectivity index (χ2v) is 1.56. The Hall–Kier alpha value is -1.45. The smallest absolute Gasteiger partial charge is 0.176 e. The van der Waals surface area contributed by atoms with Crippen molar-refractivity contribution in [3.8, 4) is 0 Å². The zero-order chi connectivity index (χ0) is 6.10. The summed E-state index contributed by atoms with van der Waals surface area (Å²) in [6.45, 7) is 0. The average Bonchev–Trinajstić information content (AvgIpc) is 2.33. The summed E-state index contributed by atoms with van der Waals surface area (Å²) in [6, 6.07) is 1.77. The summed E-state index contributed by atoms with van der Waals surface area (Å²) in [5, 5.41) is 7.67. The Balaban J connectivity index is 2.95. The van der Waals surface area contributed by atoms with Gasteiger partial charge in [-0.25, -0.2) is 4.98 Å². The Labute approximate surface area is 51.1 Å². The van der Waals surface area contributed by atoms with Gasteiger partial charge < -0.3 is 0 Å². The third-order valence-electron chi connectivity index (χ3n) is 1.01. The Morgan fingerprint density at radius 1 is 1.44 bits per heavy atom. The van der Waals surface area contributed by atoms with E-state index in [0.717, 1.165) is 5.65 Å². The standard InChI is InChI=1S/C5H3N4/c1-2-7-9-5(1)6-3-4-8-9/h1-2,4H. The quantitative estimate of drug-likeness (QED) is 0.487. The van der Waals surface area contributed by atoms with Crippen molar-refractivity contribution >= 4 is 5.65 Å². The molecule has 0 aliphatic rings. The molecule has 0 spiro atoms. The van der Waals surface area contributed by atoms with E-state index in [4.69, 9.17) is 0 Å². The van der Waals surface area contributed by atoms with Gasteiger partial charge in [-0.1, -0.05) is 0 Å². The predicted octanol–water partition coefficient (Wildman–Crippen LogP) is -0.0755. The maximum absolute atomic E-state index is 3.85. The summed E-state index contributed by atoms with van der Waals surface area (Å²) >= 11 is 0. The molecule has 0 aromatic carbocycles. The lowest BCUT2D eigenvalue weighted by Crippen LogP contribution is -1.92. The molecule has 0 fully saturated rings. The maximum Gasteiger partial charge on any atom is 0.176 e. The fourth-order valence-electron chi connectivity index (χ4n) is 0.635. The van der Waals surface area contributed by atoms with Crippen molar-refractivity contribution in [2.24, 2.45) is 0 Å². The molecule has 0 aliphatic heterocycles. The molecule has 0 atom stereocenters. The molecule has 0 bridgehead atoms. The van der Waals surface area contributed by atoms with Gasteiger partial charge in [0.2, 0.25) is 0 Å². The third-order valence-corrected chi connectivity index (χ3v) is 1.01. The van der Waals surface area contributed by atoms with Crippen LogP contribution in [0.4, 0.5) is 0 Å². The van der Waals surface area contributed by atoms with Crippen LogP contribution < -0.4 is 0 Å². The minimum Gasteiger partial charge on any atom is -0.223 e. The predicted molar refractivity (Wildman–Crippen MR) is 29.6 cm³/mol. The van der Waals surface area contributed by atoms with Crippen molar-refractivity contribution in [1.82, 2.24) is 19.8 Å². The first kappa shape index (κ1) is 4.43. The van der Waals surface area contributed by atoms with Gasteiger partial charge in [0.25, 0.3) is 0 Å². The second kappa shape index (κ2) is 1.51. The van der Waals surface area contributed by atoms with Gasteiger partial charge in [0.05, 0.1) is 12.4 Å². The number of hydrogen-bond acceptors (Lipinski definition) is 3. The fraction of sp³-hybridized carbons (Fsp3) is 0. The van der Waals surface area contributed by atoms with Crippen LogP contribution in [0.15, 0.2) is 18.5 Å². The van der Waals surface area contributed by atoms with Gasteiger partial charge in [0.15, 0.2) is 5.65 Å². The molecule has 0 saturated heterocycles. The van der Waals surface area contributed by atoms with Gasteiger partial charge >= 0.3 is 0 Å². The summed E-state index contributed by atoms with van der Waals surface area (Å²) in [4.78, 5) is 3.85. The highest BCUT2D eigenvalue weighted by atomic mass is 15.4. The molecule has 2 heterocycles. The Kier molecular flexibility index (Phi) is 0.745. The highest BCUT2D eigenvalue weighted by Gasteiger charge is 1.89. The summed E-state index contributed by atoms with van der Waals surface area (Å²) < 4.78 is 1.44. The molecule has 9 heavy (non-hydrogen) atoms. The molecule has 2 aromatic rings. The van der Waals surface area contributed by atoms with Crippen molar-refractivity contribution in [3.63, 3.8) is 0 Å². The Morgan fingerprint density at radius 2 is 2.44 bits per heavy atom. The summed E-state index contributed by atoms with van der Waals surface area (Å²) in [6.07, 6.45) is 5.71. The number of nitrogens with zero attached hydrogens (tertiary/aromatic N) is 4. The first-order valence-electron chi connectivity index (χ1n) is 2.50. The van der Waals surface area contributed by atoms with Crippen LogP contribution in [0.5, 0.6) is 0 Å². The zero-order valence-electron chi connectivity index (χ0n) is 4.52. The van der Waals surface area contributed by atoms with E-state index in [1.54, 1.807) is 12.3 Å². The number of rotatable bonds is 0. The van der Waals surface area contributed by atoms with Crippen molar-refractivity contribution < 1.29 is 0 Å². The van der Waals surface area contributed by atoms with Crippen LogP contribution in [0.3, 0.4) is 0 Å². The molecule has 2 aromatic heterocycles. The molecule has 2 rings (SSSR count). The molecule has 4 nitrogen and oxygen atoms in total. The lowest BCUT2D eigenvalue weighted by atomic mass is 10.7. The van der Waals surface area contributed by atoms with E-state index in [-0.39, 0.29) is 0 Å². The van der Waals surface area contributed by atoms with Gasteiger partial charge in [-0.3, -0.25) is 0 Å². The minimum atomic E-state index is 0.720. The molecule has 0 unspecified atom stereocenters. The third kappa shape index (κ3) is 0.561. The van der Waals surface area contributed by atoms with Crippen LogP contribution in [0, 0.1) is 6.20 Å². The summed E-state index contributed by atoms with van der Waals surface area (Å²) in [5.41, 5.74) is 0.720. The van der Waals surface area contributed by atoms with Crippen molar-refractivity contribution in [1.29, 1.82) is 0 Å². The highest BCUT2D eigenvalue weighted by Crippen LogP contribution is 1.89. The van der Waals surface area contributed by atoms with Gasteiger partial charge in [-0.15, -0.1) is 4.63 Å². The SMILES string of the molecule is [c]1cnn2nccc2n1. The largest absolute Gasteiger partial charge is 0.223 e. The van der Waals surface area contributed by atoms with E-state index in [0.29, 0.717) is 0 Å².